The molecule has 0 atom stereocenters. The highest BCUT2D eigenvalue weighted by molar-refractivity contribution is 5.96. The molecular formula is C21H22F2N2O6. The van der Waals surface area contributed by atoms with Gasteiger partial charge in [0.15, 0.2) is 6.61 Å². The minimum atomic E-state index is -2.89. The van der Waals surface area contributed by atoms with E-state index < -0.39 is 37.5 Å². The third-order valence-corrected chi connectivity index (χ3v) is 3.97. The number of hydrogen-bond donors (Lipinski definition) is 2. The first kappa shape index (κ1) is 23.6. The number of rotatable bonds is 11. The van der Waals surface area contributed by atoms with Crippen molar-refractivity contribution in [2.24, 2.45) is 0 Å². The van der Waals surface area contributed by atoms with Crippen LogP contribution in [0.4, 0.5) is 8.78 Å². The minimum absolute atomic E-state index is 0.0493. The van der Waals surface area contributed by atoms with Crippen molar-refractivity contribution < 1.29 is 37.4 Å². The second-order valence-electron chi connectivity index (χ2n) is 6.20. The Hall–Kier alpha value is -3.69. The summed E-state index contributed by atoms with van der Waals surface area (Å²) >= 11 is 0. The number of amides is 2. The van der Waals surface area contributed by atoms with Crippen LogP contribution in [0.1, 0.15) is 15.9 Å². The molecule has 2 aromatic carbocycles. The predicted molar refractivity (Wildman–Crippen MR) is 106 cm³/mol. The van der Waals surface area contributed by atoms with Crippen LogP contribution >= 0.6 is 0 Å². The van der Waals surface area contributed by atoms with E-state index in [0.29, 0.717) is 17.7 Å². The van der Waals surface area contributed by atoms with Gasteiger partial charge in [0.2, 0.25) is 0 Å². The lowest BCUT2D eigenvalue weighted by Gasteiger charge is -2.09. The Morgan fingerprint density at radius 1 is 1.00 bits per heavy atom. The van der Waals surface area contributed by atoms with Crippen LogP contribution in [0, 0.1) is 0 Å². The molecule has 0 unspecified atom stereocenters. The van der Waals surface area contributed by atoms with E-state index >= 15 is 0 Å². The molecule has 0 radical (unpaired) electrons. The summed E-state index contributed by atoms with van der Waals surface area (Å²) in [5.74, 6) is -1.20. The van der Waals surface area contributed by atoms with Gasteiger partial charge in [0.25, 0.3) is 11.8 Å². The lowest BCUT2D eigenvalue weighted by Crippen LogP contribution is -2.34. The number of carbonyl (C=O) groups is 3. The second-order valence-corrected chi connectivity index (χ2v) is 6.20. The lowest BCUT2D eigenvalue weighted by atomic mass is 10.1. The number of nitrogens with one attached hydrogen (secondary N) is 2. The highest BCUT2D eigenvalue weighted by Crippen LogP contribution is 2.15. The average Bonchev–Trinajstić information content (AvgIpc) is 2.76. The predicted octanol–water partition coefficient (Wildman–Crippen LogP) is 1.93. The number of methoxy groups -OCH3 is 1. The van der Waals surface area contributed by atoms with Crippen molar-refractivity contribution in [1.29, 1.82) is 0 Å². The Morgan fingerprint density at radius 3 is 2.42 bits per heavy atom. The first-order valence-electron chi connectivity index (χ1n) is 9.25. The van der Waals surface area contributed by atoms with Gasteiger partial charge in [-0.25, -0.2) is 0 Å². The van der Waals surface area contributed by atoms with Gasteiger partial charge in [-0.15, -0.1) is 0 Å². The van der Waals surface area contributed by atoms with Crippen LogP contribution in [0.5, 0.6) is 11.5 Å². The molecule has 0 aliphatic carbocycles. The van der Waals surface area contributed by atoms with Gasteiger partial charge in [-0.2, -0.15) is 8.78 Å². The largest absolute Gasteiger partial charge is 0.497 e. The van der Waals surface area contributed by atoms with E-state index in [-0.39, 0.29) is 12.3 Å². The van der Waals surface area contributed by atoms with Gasteiger partial charge in [-0.1, -0.05) is 18.2 Å². The highest BCUT2D eigenvalue weighted by Gasteiger charge is 2.11. The van der Waals surface area contributed by atoms with Crippen LogP contribution in [-0.4, -0.2) is 51.2 Å². The topological polar surface area (TPSA) is 103 Å². The van der Waals surface area contributed by atoms with Gasteiger partial charge in [0, 0.05) is 12.1 Å². The van der Waals surface area contributed by atoms with Crippen LogP contribution in [-0.2, 0) is 20.7 Å². The number of halogens is 2. The van der Waals surface area contributed by atoms with Gasteiger partial charge >= 0.3 is 12.6 Å². The third-order valence-electron chi connectivity index (χ3n) is 3.97. The fourth-order valence-corrected chi connectivity index (χ4v) is 2.45. The molecule has 0 saturated carbocycles. The fraction of sp³-hybridized carbons (Fsp3) is 0.286. The molecule has 0 bridgehead atoms. The third kappa shape index (κ3) is 8.69. The maximum absolute atomic E-state index is 12.1. The Morgan fingerprint density at radius 2 is 1.74 bits per heavy atom. The summed E-state index contributed by atoms with van der Waals surface area (Å²) < 4.78 is 38.3. The summed E-state index contributed by atoms with van der Waals surface area (Å²) in [4.78, 5) is 35.5. The Labute approximate surface area is 177 Å². The van der Waals surface area contributed by atoms with E-state index in [9.17, 15) is 23.2 Å². The van der Waals surface area contributed by atoms with Crippen molar-refractivity contribution in [1.82, 2.24) is 10.6 Å². The lowest BCUT2D eigenvalue weighted by molar-refractivity contribution is -0.147. The normalized spacial score (nSPS) is 10.3. The van der Waals surface area contributed by atoms with Gasteiger partial charge < -0.3 is 24.8 Å². The van der Waals surface area contributed by atoms with Crippen molar-refractivity contribution in [2.75, 3.05) is 26.8 Å². The standard InChI is InChI=1S/C21H22F2N2O6/c1-29-17-4-2-3-15(11-17)20(28)25-12-19(27)30-13-18(26)24-10-9-14-5-7-16(8-6-14)31-21(22)23/h2-8,11,21H,9-10,12-13H2,1H3,(H,24,26)(H,25,28). The summed E-state index contributed by atoms with van der Waals surface area (Å²) in [5, 5.41) is 4.96. The van der Waals surface area contributed by atoms with Crippen LogP contribution in [0.3, 0.4) is 0 Å². The van der Waals surface area contributed by atoms with Crippen molar-refractivity contribution in [2.45, 2.75) is 13.0 Å². The molecule has 2 rings (SSSR count). The molecule has 0 aromatic heterocycles. The van der Waals surface area contributed by atoms with Crippen molar-refractivity contribution in [3.63, 3.8) is 0 Å². The Balaban J connectivity index is 1.63. The van der Waals surface area contributed by atoms with E-state index in [1.54, 1.807) is 30.3 Å². The molecule has 10 heteroatoms. The minimum Gasteiger partial charge on any atom is -0.497 e. The van der Waals surface area contributed by atoms with Crippen LogP contribution in [0.15, 0.2) is 48.5 Å². The number of ether oxygens (including phenoxy) is 3. The summed E-state index contributed by atoms with van der Waals surface area (Å²) in [5.41, 5.74) is 1.12. The number of alkyl halides is 2. The molecule has 2 amide bonds. The SMILES string of the molecule is COc1cccc(C(=O)NCC(=O)OCC(=O)NCCc2ccc(OC(F)F)cc2)c1. The summed E-state index contributed by atoms with van der Waals surface area (Å²) in [6.07, 6.45) is 0.450. The zero-order valence-electron chi connectivity index (χ0n) is 16.7. The van der Waals surface area contributed by atoms with Crippen molar-refractivity contribution >= 4 is 17.8 Å². The number of benzene rings is 2. The quantitative estimate of drug-likeness (QED) is 0.522. The van der Waals surface area contributed by atoms with Gasteiger partial charge in [-0.05, 0) is 42.3 Å². The Bertz CT molecular complexity index is 890. The molecule has 0 aliphatic rings. The molecule has 31 heavy (non-hydrogen) atoms. The molecule has 0 fully saturated rings. The smallest absolute Gasteiger partial charge is 0.387 e. The first-order chi connectivity index (χ1) is 14.9. The molecule has 2 N–H and O–H groups in total. The first-order valence-corrected chi connectivity index (χ1v) is 9.25. The van der Waals surface area contributed by atoms with E-state index in [1.807, 2.05) is 0 Å². The van der Waals surface area contributed by atoms with Crippen molar-refractivity contribution in [3.8, 4) is 11.5 Å². The van der Waals surface area contributed by atoms with Gasteiger partial charge in [-0.3, -0.25) is 14.4 Å². The molecule has 0 heterocycles. The van der Waals surface area contributed by atoms with E-state index in [2.05, 4.69) is 15.4 Å². The van der Waals surface area contributed by atoms with E-state index in [1.165, 1.54) is 25.3 Å². The summed E-state index contributed by atoms with van der Waals surface area (Å²) in [6, 6.07) is 12.4. The number of esters is 1. The zero-order valence-corrected chi connectivity index (χ0v) is 16.7. The molecular weight excluding hydrogens is 414 g/mol. The van der Waals surface area contributed by atoms with Crippen molar-refractivity contribution in [3.05, 3.63) is 59.7 Å². The molecule has 0 aliphatic heterocycles. The molecule has 0 saturated heterocycles. The summed E-state index contributed by atoms with van der Waals surface area (Å²) in [6.45, 7) is -3.51. The van der Waals surface area contributed by atoms with E-state index in [4.69, 9.17) is 9.47 Å². The molecule has 166 valence electrons. The fourth-order valence-electron chi connectivity index (χ4n) is 2.45. The number of carbonyl (C=O) groups excluding carboxylic acids is 3. The van der Waals surface area contributed by atoms with Crippen LogP contribution in [0.2, 0.25) is 0 Å². The molecule has 2 aromatic rings. The van der Waals surface area contributed by atoms with Gasteiger partial charge in [0.05, 0.1) is 7.11 Å². The molecule has 0 spiro atoms. The van der Waals surface area contributed by atoms with E-state index in [0.717, 1.165) is 5.56 Å². The monoisotopic (exact) mass is 436 g/mol. The van der Waals surface area contributed by atoms with Crippen LogP contribution in [0.25, 0.3) is 0 Å². The maximum Gasteiger partial charge on any atom is 0.387 e. The molecule has 8 nitrogen and oxygen atoms in total. The maximum atomic E-state index is 12.1. The van der Waals surface area contributed by atoms with Gasteiger partial charge in [0.1, 0.15) is 18.0 Å². The number of hydrogen-bond acceptors (Lipinski definition) is 6. The average molecular weight is 436 g/mol. The zero-order chi connectivity index (χ0) is 22.6. The van der Waals surface area contributed by atoms with Crippen LogP contribution < -0.4 is 20.1 Å². The summed E-state index contributed by atoms with van der Waals surface area (Å²) in [7, 11) is 1.47. The second kappa shape index (κ2) is 12.1. The highest BCUT2D eigenvalue weighted by atomic mass is 19.3. The Kier molecular flexibility index (Phi) is 9.21.